The van der Waals surface area contributed by atoms with Gasteiger partial charge in [0, 0.05) is 30.6 Å². The maximum absolute atomic E-state index is 13.8. The van der Waals surface area contributed by atoms with Gasteiger partial charge in [-0.15, -0.1) is 11.8 Å². The molecule has 3 aliphatic rings. The van der Waals surface area contributed by atoms with E-state index in [1.165, 1.54) is 0 Å². The number of nitrogens with zero attached hydrogens (tertiary/aromatic N) is 1. The SMILES string of the molecule is CCCNC(=O)[C@@H]1[C@H]2C(=O)N(CCCCO)C(C(=O)Nc3c(C)cccc3C)C23CC[C@H]1S3. The van der Waals surface area contributed by atoms with Crippen LogP contribution in [-0.4, -0.2) is 63.5 Å². The number of unbranched alkanes of at least 4 members (excludes halogenated alkanes) is 1. The van der Waals surface area contributed by atoms with Crippen molar-refractivity contribution in [2.45, 2.75) is 68.9 Å². The Hall–Kier alpha value is -2.06. The summed E-state index contributed by atoms with van der Waals surface area (Å²) in [6, 6.07) is 5.27. The van der Waals surface area contributed by atoms with Crippen molar-refractivity contribution in [3.05, 3.63) is 29.3 Å². The van der Waals surface area contributed by atoms with Crippen molar-refractivity contribution in [1.29, 1.82) is 0 Å². The van der Waals surface area contributed by atoms with Crippen LogP contribution in [0, 0.1) is 25.7 Å². The smallest absolute Gasteiger partial charge is 0.248 e. The summed E-state index contributed by atoms with van der Waals surface area (Å²) in [7, 11) is 0. The molecule has 1 aromatic rings. The largest absolute Gasteiger partial charge is 0.396 e. The number of likely N-dealkylation sites (tertiary alicyclic amines) is 1. The molecule has 0 aromatic heterocycles. The van der Waals surface area contributed by atoms with Gasteiger partial charge in [-0.25, -0.2) is 0 Å². The summed E-state index contributed by atoms with van der Waals surface area (Å²) >= 11 is 1.69. The van der Waals surface area contributed by atoms with E-state index in [-0.39, 0.29) is 35.5 Å². The Morgan fingerprint density at radius 2 is 1.94 bits per heavy atom. The lowest BCUT2D eigenvalue weighted by atomic mass is 9.70. The molecule has 33 heavy (non-hydrogen) atoms. The van der Waals surface area contributed by atoms with Gasteiger partial charge in [0.05, 0.1) is 16.6 Å². The number of rotatable bonds is 9. The van der Waals surface area contributed by atoms with Crippen molar-refractivity contribution >= 4 is 35.2 Å². The van der Waals surface area contributed by atoms with E-state index in [9.17, 15) is 19.5 Å². The van der Waals surface area contributed by atoms with Gasteiger partial charge < -0.3 is 20.6 Å². The highest BCUT2D eigenvalue weighted by molar-refractivity contribution is 8.02. The summed E-state index contributed by atoms with van der Waals surface area (Å²) < 4.78 is -0.574. The Balaban J connectivity index is 1.67. The summed E-state index contributed by atoms with van der Waals surface area (Å²) in [5, 5.41) is 15.5. The van der Waals surface area contributed by atoms with E-state index in [0.717, 1.165) is 36.1 Å². The van der Waals surface area contributed by atoms with Crippen LogP contribution in [0.5, 0.6) is 0 Å². The number of aliphatic hydroxyl groups is 1. The molecule has 1 aromatic carbocycles. The molecule has 3 aliphatic heterocycles. The molecule has 8 heteroatoms. The van der Waals surface area contributed by atoms with Gasteiger partial charge in [0.2, 0.25) is 17.7 Å². The molecule has 0 aliphatic carbocycles. The molecule has 0 radical (unpaired) electrons. The van der Waals surface area contributed by atoms with Gasteiger partial charge >= 0.3 is 0 Å². The first-order valence-corrected chi connectivity index (χ1v) is 13.0. The number of aryl methyl sites for hydroxylation is 2. The zero-order valence-corrected chi connectivity index (χ0v) is 20.5. The fraction of sp³-hybridized carbons (Fsp3) is 0.640. The number of benzene rings is 1. The number of carbonyl (C=O) groups is 3. The number of hydrogen-bond acceptors (Lipinski definition) is 5. The lowest BCUT2D eigenvalue weighted by Gasteiger charge is -2.34. The Morgan fingerprint density at radius 1 is 1.21 bits per heavy atom. The molecule has 2 bridgehead atoms. The van der Waals surface area contributed by atoms with E-state index in [2.05, 4.69) is 10.6 Å². The average molecular weight is 474 g/mol. The van der Waals surface area contributed by atoms with Gasteiger partial charge in [-0.05, 0) is 57.1 Å². The first-order valence-electron chi connectivity index (χ1n) is 12.1. The molecule has 0 saturated carbocycles. The van der Waals surface area contributed by atoms with Crippen LogP contribution in [0.4, 0.5) is 5.69 Å². The van der Waals surface area contributed by atoms with Crippen LogP contribution in [0.1, 0.15) is 50.2 Å². The maximum atomic E-state index is 13.8. The summed E-state index contributed by atoms with van der Waals surface area (Å²) in [4.78, 5) is 42.3. The maximum Gasteiger partial charge on any atom is 0.248 e. The molecule has 1 spiro atoms. The van der Waals surface area contributed by atoms with Crippen LogP contribution >= 0.6 is 11.8 Å². The molecule has 3 saturated heterocycles. The molecule has 3 fully saturated rings. The highest BCUT2D eigenvalue weighted by Crippen LogP contribution is 2.66. The normalized spacial score (nSPS) is 29.9. The lowest BCUT2D eigenvalue weighted by molar-refractivity contribution is -0.139. The van der Waals surface area contributed by atoms with E-state index in [1.54, 1.807) is 16.7 Å². The summed E-state index contributed by atoms with van der Waals surface area (Å²) in [5.74, 6) is -1.17. The first-order chi connectivity index (χ1) is 15.9. The second kappa shape index (κ2) is 9.66. The minimum absolute atomic E-state index is 0.0503. The number of para-hydroxylation sites is 1. The van der Waals surface area contributed by atoms with E-state index in [4.69, 9.17) is 0 Å². The van der Waals surface area contributed by atoms with Crippen molar-refractivity contribution in [3.8, 4) is 0 Å². The van der Waals surface area contributed by atoms with E-state index >= 15 is 0 Å². The lowest BCUT2D eigenvalue weighted by Crippen LogP contribution is -2.52. The summed E-state index contributed by atoms with van der Waals surface area (Å²) in [5.41, 5.74) is 2.75. The number of anilines is 1. The van der Waals surface area contributed by atoms with E-state index < -0.39 is 16.7 Å². The molecule has 3 N–H and O–H groups in total. The molecule has 2 unspecified atom stereocenters. The fourth-order valence-corrected chi connectivity index (χ4v) is 8.18. The molecule has 5 atom stereocenters. The number of amides is 3. The number of nitrogens with one attached hydrogen (secondary N) is 2. The van der Waals surface area contributed by atoms with Gasteiger partial charge in [0.25, 0.3) is 0 Å². The predicted octanol–water partition coefficient (Wildman–Crippen LogP) is 2.63. The van der Waals surface area contributed by atoms with E-state index in [1.807, 2.05) is 39.0 Å². The quantitative estimate of drug-likeness (QED) is 0.479. The minimum Gasteiger partial charge on any atom is -0.396 e. The standard InChI is InChI=1S/C25H35N3O4S/c1-4-12-26-22(30)18-17-10-11-25(33-17)19(18)24(32)28(13-5-6-14-29)21(25)23(31)27-20-15(2)8-7-9-16(20)3/h7-9,17-19,21,29H,4-6,10-14H2,1-3H3,(H,26,30)(H,27,31)/t17-,18+,19+,21?,25?/m1/s1. The number of hydrogen-bond donors (Lipinski definition) is 3. The van der Waals surface area contributed by atoms with Gasteiger partial charge in [0.15, 0.2) is 0 Å². The Labute approximate surface area is 200 Å². The molecule has 7 nitrogen and oxygen atoms in total. The predicted molar refractivity (Wildman–Crippen MR) is 130 cm³/mol. The van der Waals surface area contributed by atoms with Gasteiger partial charge in [-0.2, -0.15) is 0 Å². The second-order valence-corrected chi connectivity index (χ2v) is 11.2. The number of fused-ring (bicyclic) bond motifs is 1. The Kier molecular flexibility index (Phi) is 7.05. The molecule has 180 valence electrons. The number of thioether (sulfide) groups is 1. The zero-order valence-electron chi connectivity index (χ0n) is 19.7. The minimum atomic E-state index is -0.619. The number of carbonyl (C=O) groups excluding carboxylic acids is 3. The van der Waals surface area contributed by atoms with Gasteiger partial charge in [0.1, 0.15) is 6.04 Å². The Morgan fingerprint density at radius 3 is 2.61 bits per heavy atom. The third-order valence-corrected chi connectivity index (χ3v) is 9.39. The monoisotopic (exact) mass is 473 g/mol. The van der Waals surface area contributed by atoms with Crippen LogP contribution in [0.2, 0.25) is 0 Å². The molecular weight excluding hydrogens is 438 g/mol. The highest BCUT2D eigenvalue weighted by atomic mass is 32.2. The fourth-order valence-electron chi connectivity index (χ4n) is 5.96. The third kappa shape index (κ3) is 4.05. The van der Waals surface area contributed by atoms with Crippen LogP contribution < -0.4 is 10.6 Å². The zero-order chi connectivity index (χ0) is 23.8. The van der Waals surface area contributed by atoms with Gasteiger partial charge in [-0.1, -0.05) is 25.1 Å². The molecular formula is C25H35N3O4S. The summed E-state index contributed by atoms with van der Waals surface area (Å²) in [6.45, 7) is 7.00. The van der Waals surface area contributed by atoms with E-state index in [0.29, 0.717) is 25.9 Å². The van der Waals surface area contributed by atoms with Crippen molar-refractivity contribution in [1.82, 2.24) is 10.2 Å². The molecule has 3 amide bonds. The summed E-state index contributed by atoms with van der Waals surface area (Å²) in [6.07, 6.45) is 3.64. The van der Waals surface area contributed by atoms with Crippen molar-refractivity contribution in [2.75, 3.05) is 25.0 Å². The first kappa shape index (κ1) is 24.1. The van der Waals surface area contributed by atoms with Crippen LogP contribution in [0.15, 0.2) is 18.2 Å². The Bertz CT molecular complexity index is 918. The average Bonchev–Trinajstić information content (AvgIpc) is 3.42. The van der Waals surface area contributed by atoms with Crippen molar-refractivity contribution in [3.63, 3.8) is 0 Å². The van der Waals surface area contributed by atoms with Crippen LogP contribution in [-0.2, 0) is 14.4 Å². The van der Waals surface area contributed by atoms with Gasteiger partial charge in [-0.3, -0.25) is 14.4 Å². The van der Waals surface area contributed by atoms with Crippen LogP contribution in [0.25, 0.3) is 0 Å². The van der Waals surface area contributed by atoms with Crippen molar-refractivity contribution < 1.29 is 19.5 Å². The van der Waals surface area contributed by atoms with Crippen molar-refractivity contribution in [2.24, 2.45) is 11.8 Å². The molecule has 3 heterocycles. The third-order valence-electron chi connectivity index (χ3n) is 7.44. The highest BCUT2D eigenvalue weighted by Gasteiger charge is 2.73. The molecule has 4 rings (SSSR count). The van der Waals surface area contributed by atoms with Crippen LogP contribution in [0.3, 0.4) is 0 Å². The second-order valence-electron chi connectivity index (χ2n) is 9.57. The topological polar surface area (TPSA) is 98.7 Å². The number of aliphatic hydroxyl groups excluding tert-OH is 1.